The normalized spacial score (nSPS) is 17.6. The van der Waals surface area contributed by atoms with Crippen LogP contribution in [0.5, 0.6) is 0 Å². The second-order valence-corrected chi connectivity index (χ2v) is 7.98. The van der Waals surface area contributed by atoms with E-state index in [1.54, 1.807) is 0 Å². The largest absolute Gasteiger partial charge is 0.341 e. The highest BCUT2D eigenvalue weighted by Crippen LogP contribution is 2.28. The van der Waals surface area contributed by atoms with Crippen molar-refractivity contribution >= 4 is 30.7 Å². The van der Waals surface area contributed by atoms with Crippen LogP contribution >= 0.6 is 24.8 Å². The molecule has 2 aromatic rings. The van der Waals surface area contributed by atoms with Gasteiger partial charge in [-0.15, -0.1) is 35.0 Å². The van der Waals surface area contributed by atoms with Crippen molar-refractivity contribution in [3.63, 3.8) is 0 Å². The van der Waals surface area contributed by atoms with Gasteiger partial charge in [-0.3, -0.25) is 9.69 Å². The number of fused-ring (bicyclic) bond motifs is 1. The van der Waals surface area contributed by atoms with E-state index in [1.165, 1.54) is 5.56 Å². The maximum Gasteiger partial charge on any atom is 0.239 e. The first-order valence-corrected chi connectivity index (χ1v) is 10.3. The van der Waals surface area contributed by atoms with Gasteiger partial charge in [-0.05, 0) is 32.4 Å². The molecule has 3 heterocycles. The minimum Gasteiger partial charge on any atom is -0.341 e. The van der Waals surface area contributed by atoms with Gasteiger partial charge < -0.3 is 14.8 Å². The summed E-state index contributed by atoms with van der Waals surface area (Å²) in [6.07, 6.45) is 1.93. The molecule has 1 atom stereocenters. The predicted octanol–water partition coefficient (Wildman–Crippen LogP) is 2.45. The van der Waals surface area contributed by atoms with E-state index in [0.717, 1.165) is 63.8 Å². The van der Waals surface area contributed by atoms with E-state index < -0.39 is 0 Å². The second kappa shape index (κ2) is 11.1. The zero-order valence-corrected chi connectivity index (χ0v) is 19.3. The lowest BCUT2D eigenvalue weighted by atomic mass is 9.95. The van der Waals surface area contributed by atoms with E-state index in [9.17, 15) is 4.79 Å². The number of aromatic nitrogens is 3. The first kappa shape index (κ1) is 24.6. The Morgan fingerprint density at radius 1 is 1.17 bits per heavy atom. The number of likely N-dealkylation sites (N-methyl/N-ethyl adjacent to an activating group) is 1. The number of nitrogens with zero attached hydrogens (tertiary/aromatic N) is 5. The lowest BCUT2D eigenvalue weighted by molar-refractivity contribution is -0.137. The van der Waals surface area contributed by atoms with Crippen molar-refractivity contribution in [1.29, 1.82) is 0 Å². The van der Waals surface area contributed by atoms with Gasteiger partial charge in [0.1, 0.15) is 11.6 Å². The number of rotatable bonds is 5. The first-order valence-electron chi connectivity index (χ1n) is 10.3. The molecule has 0 spiro atoms. The summed E-state index contributed by atoms with van der Waals surface area (Å²) in [6.45, 7) is 7.11. The summed E-state index contributed by atoms with van der Waals surface area (Å²) in [5.74, 6) is 2.78. The molecule has 1 aromatic carbocycles. The number of carbonyl (C=O) groups excluding carboxylic acids is 1. The average molecular weight is 455 g/mol. The van der Waals surface area contributed by atoms with Crippen LogP contribution in [0.1, 0.15) is 42.9 Å². The van der Waals surface area contributed by atoms with Crippen molar-refractivity contribution < 1.29 is 4.79 Å². The van der Waals surface area contributed by atoms with Crippen LogP contribution in [-0.4, -0.2) is 63.2 Å². The highest BCUT2D eigenvalue weighted by Gasteiger charge is 2.31. The highest BCUT2D eigenvalue weighted by atomic mass is 35.5. The van der Waals surface area contributed by atoms with Gasteiger partial charge >= 0.3 is 0 Å². The Bertz CT molecular complexity index is 807. The summed E-state index contributed by atoms with van der Waals surface area (Å²) in [5, 5.41) is 12.1. The maximum absolute atomic E-state index is 13.0. The number of amides is 1. The molecule has 0 aliphatic carbocycles. The van der Waals surface area contributed by atoms with E-state index in [2.05, 4.69) is 37.1 Å². The van der Waals surface area contributed by atoms with E-state index >= 15 is 0 Å². The lowest BCUT2D eigenvalue weighted by Gasteiger charge is -2.35. The maximum atomic E-state index is 13.0. The molecule has 166 valence electrons. The van der Waals surface area contributed by atoms with Gasteiger partial charge in [-0.2, -0.15) is 0 Å². The lowest BCUT2D eigenvalue weighted by Crippen LogP contribution is -2.48. The zero-order chi connectivity index (χ0) is 19.5. The zero-order valence-electron chi connectivity index (χ0n) is 17.7. The molecule has 9 heteroatoms. The van der Waals surface area contributed by atoms with Gasteiger partial charge in [0.2, 0.25) is 5.91 Å². The Labute approximate surface area is 191 Å². The van der Waals surface area contributed by atoms with Gasteiger partial charge in [0, 0.05) is 38.6 Å². The molecule has 0 radical (unpaired) electrons. The second-order valence-electron chi connectivity index (χ2n) is 7.98. The van der Waals surface area contributed by atoms with Crippen LogP contribution in [0, 0.1) is 0 Å². The molecule has 1 N–H and O–H groups in total. The number of likely N-dealkylation sites (tertiary alicyclic amines) is 1. The minimum atomic E-state index is -0.122. The molecule has 0 bridgehead atoms. The first-order chi connectivity index (χ1) is 13.6. The van der Waals surface area contributed by atoms with Crippen molar-refractivity contribution in [2.75, 3.05) is 26.7 Å². The van der Waals surface area contributed by atoms with Gasteiger partial charge in [0.25, 0.3) is 0 Å². The van der Waals surface area contributed by atoms with E-state index in [1.807, 2.05) is 37.1 Å². The van der Waals surface area contributed by atoms with Crippen molar-refractivity contribution in [2.24, 2.45) is 0 Å². The Morgan fingerprint density at radius 3 is 2.57 bits per heavy atom. The van der Waals surface area contributed by atoms with Crippen molar-refractivity contribution in [1.82, 2.24) is 29.9 Å². The van der Waals surface area contributed by atoms with E-state index in [0.29, 0.717) is 5.92 Å². The van der Waals surface area contributed by atoms with Crippen molar-refractivity contribution in [3.8, 4) is 0 Å². The number of hydrogen-bond acceptors (Lipinski definition) is 5. The average Bonchev–Trinajstić information content (AvgIpc) is 3.17. The topological polar surface area (TPSA) is 66.3 Å². The molecule has 1 unspecified atom stereocenters. The third-order valence-corrected chi connectivity index (χ3v) is 6.12. The molecule has 0 saturated carbocycles. The van der Waals surface area contributed by atoms with Crippen LogP contribution in [0.15, 0.2) is 30.3 Å². The van der Waals surface area contributed by atoms with Gasteiger partial charge in [0.05, 0.1) is 12.6 Å². The predicted molar refractivity (Wildman–Crippen MR) is 122 cm³/mol. The summed E-state index contributed by atoms with van der Waals surface area (Å²) >= 11 is 0. The summed E-state index contributed by atoms with van der Waals surface area (Å²) in [7, 11) is 2.03. The Balaban J connectivity index is 0.00000160. The molecule has 2 aliphatic heterocycles. The Kier molecular flexibility index (Phi) is 9.09. The van der Waals surface area contributed by atoms with Crippen molar-refractivity contribution in [2.45, 2.75) is 51.4 Å². The molecular weight excluding hydrogens is 423 g/mol. The summed E-state index contributed by atoms with van der Waals surface area (Å²) in [6, 6.07) is 10.2. The molecule has 4 rings (SSSR count). The third-order valence-electron chi connectivity index (χ3n) is 6.12. The quantitative estimate of drug-likeness (QED) is 0.751. The molecule has 1 aromatic heterocycles. The molecular formula is C21H32Cl2N6O. The summed E-state index contributed by atoms with van der Waals surface area (Å²) in [4.78, 5) is 17.2. The van der Waals surface area contributed by atoms with Gasteiger partial charge in [-0.1, -0.05) is 30.3 Å². The number of piperidine rings is 1. The number of benzene rings is 1. The van der Waals surface area contributed by atoms with Crippen LogP contribution in [-0.2, 0) is 24.4 Å². The SMILES string of the molecule is CC(C(=O)N1CCC(c2nnc3n2CCNC3)CC1)N(C)Cc1ccccc1.Cl.Cl. The molecule has 30 heavy (non-hydrogen) atoms. The third kappa shape index (κ3) is 5.32. The number of nitrogens with one attached hydrogen (secondary N) is 1. The van der Waals surface area contributed by atoms with Crippen LogP contribution in [0.3, 0.4) is 0 Å². The summed E-state index contributed by atoms with van der Waals surface area (Å²) < 4.78 is 2.27. The molecule has 1 saturated heterocycles. The smallest absolute Gasteiger partial charge is 0.239 e. The molecule has 1 amide bonds. The monoisotopic (exact) mass is 454 g/mol. The van der Waals surface area contributed by atoms with E-state index in [-0.39, 0.29) is 36.8 Å². The van der Waals surface area contributed by atoms with Crippen molar-refractivity contribution in [3.05, 3.63) is 47.5 Å². The van der Waals surface area contributed by atoms with Crippen LogP contribution in [0.4, 0.5) is 0 Å². The molecule has 2 aliphatic rings. The number of hydrogen-bond donors (Lipinski definition) is 1. The van der Waals surface area contributed by atoms with Gasteiger partial charge in [-0.25, -0.2) is 0 Å². The fourth-order valence-corrected chi connectivity index (χ4v) is 4.24. The number of carbonyl (C=O) groups is 1. The van der Waals surface area contributed by atoms with Crippen LogP contribution in [0.2, 0.25) is 0 Å². The standard InChI is InChI=1S/C21H30N6O.2ClH/c1-16(25(2)15-17-6-4-3-5-7-17)21(28)26-11-8-18(9-12-26)20-24-23-19-14-22-10-13-27(19)20;;/h3-7,16,18,22H,8-15H2,1-2H3;2*1H. The van der Waals surface area contributed by atoms with Gasteiger partial charge in [0.15, 0.2) is 0 Å². The molecule has 7 nitrogen and oxygen atoms in total. The minimum absolute atomic E-state index is 0. The van der Waals surface area contributed by atoms with Crippen LogP contribution in [0.25, 0.3) is 0 Å². The van der Waals surface area contributed by atoms with Crippen LogP contribution < -0.4 is 5.32 Å². The fourth-order valence-electron chi connectivity index (χ4n) is 4.24. The molecule has 1 fully saturated rings. The van der Waals surface area contributed by atoms with E-state index in [4.69, 9.17) is 0 Å². The highest BCUT2D eigenvalue weighted by molar-refractivity contribution is 5.85. The number of halogens is 2. The fraction of sp³-hybridized carbons (Fsp3) is 0.571. The Morgan fingerprint density at radius 2 is 1.87 bits per heavy atom. The summed E-state index contributed by atoms with van der Waals surface area (Å²) in [5.41, 5.74) is 1.23. The Hall–Kier alpha value is -1.67.